The van der Waals surface area contributed by atoms with Gasteiger partial charge in [-0.2, -0.15) is 0 Å². The highest BCUT2D eigenvalue weighted by atomic mass is 16.6. The summed E-state index contributed by atoms with van der Waals surface area (Å²) in [6, 6.07) is 16.6. The molecule has 1 amide bonds. The molecule has 2 aromatic rings. The molecule has 8 heteroatoms. The van der Waals surface area contributed by atoms with Crippen molar-refractivity contribution in [3.8, 4) is 23.5 Å². The Morgan fingerprint density at radius 2 is 1.22 bits per heavy atom. The second-order valence-corrected chi connectivity index (χ2v) is 8.43. The van der Waals surface area contributed by atoms with E-state index in [0.29, 0.717) is 79.2 Å². The molecule has 200 valence electrons. The van der Waals surface area contributed by atoms with Crippen LogP contribution in [0, 0.1) is 12.3 Å². The highest BCUT2D eigenvalue weighted by molar-refractivity contribution is 5.79. The van der Waals surface area contributed by atoms with Crippen LogP contribution >= 0.6 is 0 Å². The second-order valence-electron chi connectivity index (χ2n) is 8.43. The van der Waals surface area contributed by atoms with E-state index >= 15 is 0 Å². The van der Waals surface area contributed by atoms with Crippen molar-refractivity contribution < 1.29 is 33.2 Å². The third-order valence-electron chi connectivity index (χ3n) is 5.89. The van der Waals surface area contributed by atoms with Gasteiger partial charge in [0.05, 0.1) is 59.5 Å². The number of nitrogens with zero attached hydrogens (tertiary/aromatic N) is 1. The van der Waals surface area contributed by atoms with Crippen molar-refractivity contribution >= 4 is 6.09 Å². The van der Waals surface area contributed by atoms with Gasteiger partial charge in [-0.25, -0.2) is 4.79 Å². The van der Waals surface area contributed by atoms with Gasteiger partial charge in [0.1, 0.15) is 13.2 Å². The first kappa shape index (κ1) is 28.6. The Morgan fingerprint density at radius 3 is 1.73 bits per heavy atom. The smallest absolute Gasteiger partial charge is 0.409 e. The minimum absolute atomic E-state index is 0.0495. The lowest BCUT2D eigenvalue weighted by Crippen LogP contribution is -2.32. The molecule has 0 saturated heterocycles. The zero-order valence-corrected chi connectivity index (χ0v) is 21.6. The summed E-state index contributed by atoms with van der Waals surface area (Å²) >= 11 is 0. The SMILES string of the molecule is C#CCOCCOCCOCCOCCOCCN(C)C(=O)OCC1c2ccccc2-c2ccccc21. The molecule has 0 fully saturated rings. The van der Waals surface area contributed by atoms with E-state index < -0.39 is 0 Å². The summed E-state index contributed by atoms with van der Waals surface area (Å²) in [5.74, 6) is 2.45. The number of fused-ring (bicyclic) bond motifs is 3. The van der Waals surface area contributed by atoms with Crippen LogP contribution in [-0.4, -0.2) is 97.3 Å². The van der Waals surface area contributed by atoms with Gasteiger partial charge in [0.15, 0.2) is 0 Å². The molecule has 0 N–H and O–H groups in total. The molecule has 0 aliphatic heterocycles. The minimum Gasteiger partial charge on any atom is -0.448 e. The molecule has 0 atom stereocenters. The average Bonchev–Trinajstić information content (AvgIpc) is 3.25. The molecule has 0 unspecified atom stereocenters. The standard InChI is InChI=1S/C29H37NO7/c1-3-13-32-15-17-34-19-21-36-22-20-35-18-16-33-14-12-30(2)29(31)37-23-28-26-10-6-4-8-24(26)25-9-5-7-11-27(25)28/h1,4-11,28H,12-23H2,2H3. The summed E-state index contributed by atoms with van der Waals surface area (Å²) in [6.07, 6.45) is 4.72. The highest BCUT2D eigenvalue weighted by Gasteiger charge is 2.29. The second kappa shape index (κ2) is 16.7. The Hall–Kier alpha value is -2.93. The lowest BCUT2D eigenvalue weighted by molar-refractivity contribution is -0.0102. The number of terminal acetylenes is 1. The summed E-state index contributed by atoms with van der Waals surface area (Å²) in [4.78, 5) is 14.0. The third-order valence-corrected chi connectivity index (χ3v) is 5.89. The fourth-order valence-electron chi connectivity index (χ4n) is 4.01. The molecule has 0 aromatic heterocycles. The van der Waals surface area contributed by atoms with Crippen LogP contribution in [0.25, 0.3) is 11.1 Å². The Labute approximate surface area is 219 Å². The number of hydrogen-bond donors (Lipinski definition) is 0. The first-order valence-corrected chi connectivity index (χ1v) is 12.6. The topological polar surface area (TPSA) is 75.7 Å². The summed E-state index contributed by atoms with van der Waals surface area (Å²) in [5.41, 5.74) is 4.82. The predicted molar refractivity (Wildman–Crippen MR) is 141 cm³/mol. The molecule has 37 heavy (non-hydrogen) atoms. The maximum Gasteiger partial charge on any atom is 0.409 e. The van der Waals surface area contributed by atoms with Crippen molar-refractivity contribution in [3.63, 3.8) is 0 Å². The van der Waals surface area contributed by atoms with Gasteiger partial charge in [-0.15, -0.1) is 6.42 Å². The normalized spacial score (nSPS) is 12.1. The van der Waals surface area contributed by atoms with Gasteiger partial charge in [-0.1, -0.05) is 54.5 Å². The van der Waals surface area contributed by atoms with Crippen molar-refractivity contribution in [1.82, 2.24) is 4.90 Å². The molecule has 0 bridgehead atoms. The van der Waals surface area contributed by atoms with E-state index in [1.165, 1.54) is 27.2 Å². The third kappa shape index (κ3) is 9.47. The summed E-state index contributed by atoms with van der Waals surface area (Å²) in [7, 11) is 1.71. The number of ether oxygens (including phenoxy) is 6. The zero-order valence-electron chi connectivity index (χ0n) is 21.6. The van der Waals surface area contributed by atoms with Crippen LogP contribution in [0.2, 0.25) is 0 Å². The van der Waals surface area contributed by atoms with Crippen LogP contribution in [0.3, 0.4) is 0 Å². The summed E-state index contributed by atoms with van der Waals surface area (Å²) in [5, 5.41) is 0. The van der Waals surface area contributed by atoms with E-state index in [0.717, 1.165) is 0 Å². The van der Waals surface area contributed by atoms with E-state index in [1.807, 2.05) is 24.3 Å². The maximum atomic E-state index is 12.5. The van der Waals surface area contributed by atoms with Gasteiger partial charge >= 0.3 is 6.09 Å². The van der Waals surface area contributed by atoms with Crippen LogP contribution < -0.4 is 0 Å². The Morgan fingerprint density at radius 1 is 0.757 bits per heavy atom. The van der Waals surface area contributed by atoms with E-state index in [1.54, 1.807) is 7.05 Å². The fraction of sp³-hybridized carbons (Fsp3) is 0.483. The number of hydrogen-bond acceptors (Lipinski definition) is 7. The molecule has 0 heterocycles. The number of likely N-dealkylation sites (N-methyl/N-ethyl adjacent to an activating group) is 1. The highest BCUT2D eigenvalue weighted by Crippen LogP contribution is 2.44. The Kier molecular flexibility index (Phi) is 13.0. The number of benzene rings is 2. The van der Waals surface area contributed by atoms with Crippen LogP contribution in [0.15, 0.2) is 48.5 Å². The Bertz CT molecular complexity index is 945. The first-order valence-electron chi connectivity index (χ1n) is 12.6. The van der Waals surface area contributed by atoms with E-state index in [9.17, 15) is 4.79 Å². The van der Waals surface area contributed by atoms with Gasteiger partial charge in [0.2, 0.25) is 0 Å². The quantitative estimate of drug-likeness (QED) is 0.224. The summed E-state index contributed by atoms with van der Waals surface area (Å²) < 4.78 is 32.6. The van der Waals surface area contributed by atoms with Gasteiger partial charge in [0, 0.05) is 19.5 Å². The molecule has 0 spiro atoms. The molecule has 0 radical (unpaired) electrons. The lowest BCUT2D eigenvalue weighted by Gasteiger charge is -2.19. The van der Waals surface area contributed by atoms with Gasteiger partial charge < -0.3 is 33.3 Å². The van der Waals surface area contributed by atoms with Crippen LogP contribution in [0.1, 0.15) is 17.0 Å². The average molecular weight is 512 g/mol. The van der Waals surface area contributed by atoms with Crippen molar-refractivity contribution in [2.75, 3.05) is 86.3 Å². The maximum absolute atomic E-state index is 12.5. The van der Waals surface area contributed by atoms with Gasteiger partial charge in [0.25, 0.3) is 0 Å². The number of rotatable bonds is 18. The van der Waals surface area contributed by atoms with Crippen LogP contribution in [-0.2, 0) is 28.4 Å². The molecule has 1 aliphatic rings. The Balaban J connectivity index is 1.18. The van der Waals surface area contributed by atoms with E-state index in [-0.39, 0.29) is 12.0 Å². The van der Waals surface area contributed by atoms with Crippen molar-refractivity contribution in [2.24, 2.45) is 0 Å². The van der Waals surface area contributed by atoms with Crippen molar-refractivity contribution in [1.29, 1.82) is 0 Å². The fourth-order valence-corrected chi connectivity index (χ4v) is 4.01. The minimum atomic E-state index is -0.358. The van der Waals surface area contributed by atoms with Gasteiger partial charge in [-0.3, -0.25) is 0 Å². The lowest BCUT2D eigenvalue weighted by atomic mass is 9.98. The molecule has 2 aromatic carbocycles. The molecule has 0 saturated carbocycles. The van der Waals surface area contributed by atoms with Crippen molar-refractivity contribution in [3.05, 3.63) is 59.7 Å². The molecule has 3 rings (SSSR count). The molecular formula is C29H37NO7. The van der Waals surface area contributed by atoms with Gasteiger partial charge in [-0.05, 0) is 22.3 Å². The molecular weight excluding hydrogens is 474 g/mol. The van der Waals surface area contributed by atoms with E-state index in [2.05, 4.69) is 30.2 Å². The number of carbonyl (C=O) groups excluding carboxylic acids is 1. The van der Waals surface area contributed by atoms with Crippen LogP contribution in [0.5, 0.6) is 0 Å². The zero-order chi connectivity index (χ0) is 26.1. The largest absolute Gasteiger partial charge is 0.448 e. The molecule has 8 nitrogen and oxygen atoms in total. The van der Waals surface area contributed by atoms with Crippen molar-refractivity contribution in [2.45, 2.75) is 5.92 Å². The predicted octanol–water partition coefficient (Wildman–Crippen LogP) is 3.58. The first-order chi connectivity index (χ1) is 18.2. The number of carbonyl (C=O) groups is 1. The van der Waals surface area contributed by atoms with Crippen LogP contribution in [0.4, 0.5) is 4.79 Å². The monoisotopic (exact) mass is 511 g/mol. The molecule has 1 aliphatic carbocycles. The summed E-state index contributed by atoms with van der Waals surface area (Å²) in [6.45, 7) is 5.30. The number of amides is 1. The van der Waals surface area contributed by atoms with E-state index in [4.69, 9.17) is 34.8 Å².